The molecule has 2 heterocycles. The first-order valence-electron chi connectivity index (χ1n) is 11.3. The largest absolute Gasteiger partial charge is 0.483 e. The summed E-state index contributed by atoms with van der Waals surface area (Å²) in [6.45, 7) is 4.75. The summed E-state index contributed by atoms with van der Waals surface area (Å²) in [5.41, 5.74) is 5.85. The fraction of sp³-hybridized carbons (Fsp3) is 0.545. The number of halogens is 1. The molecule has 0 radical (unpaired) electrons. The van der Waals surface area contributed by atoms with Crippen LogP contribution in [0.25, 0.3) is 5.69 Å². The Morgan fingerprint density at radius 2 is 1.79 bits per heavy atom. The molecule has 180 valence electrons. The van der Waals surface area contributed by atoms with E-state index in [4.69, 9.17) is 10.5 Å². The average Bonchev–Trinajstić information content (AvgIpc) is 3.30. The van der Waals surface area contributed by atoms with E-state index in [0.29, 0.717) is 31.9 Å². The number of rotatable bonds is 6. The summed E-state index contributed by atoms with van der Waals surface area (Å²) in [5, 5.41) is 3.77. The summed E-state index contributed by atoms with van der Waals surface area (Å²) < 4.78 is 47.8. The molecule has 4 rings (SSSR count). The number of benzene rings is 1. The lowest BCUT2D eigenvalue weighted by atomic mass is 10.2. The van der Waals surface area contributed by atoms with Crippen molar-refractivity contribution in [2.24, 2.45) is 0 Å². The standard InChI is InChI=1S/C22H30FN5O4S/c1-15(2)33(30,31)27-12-10-26(11-13-27)19-14-25-28(18-9-5-8-17(23)20(18)24)22(29)21(19)32-16-6-3-4-7-16/h5,8-9,14-16H,3-4,6-7,10-13,24H2,1-2H3. The van der Waals surface area contributed by atoms with Crippen molar-refractivity contribution in [2.45, 2.75) is 50.9 Å². The Bertz CT molecular complexity index is 1170. The highest BCUT2D eigenvalue weighted by Crippen LogP contribution is 2.31. The molecule has 1 aromatic heterocycles. The normalized spacial score (nSPS) is 18.2. The molecule has 0 unspecified atom stereocenters. The molecule has 0 amide bonds. The Labute approximate surface area is 193 Å². The molecule has 2 aliphatic rings. The molecule has 2 fully saturated rings. The van der Waals surface area contributed by atoms with E-state index in [0.717, 1.165) is 30.4 Å². The van der Waals surface area contributed by atoms with Gasteiger partial charge in [-0.2, -0.15) is 14.1 Å². The second-order valence-corrected chi connectivity index (χ2v) is 11.2. The highest BCUT2D eigenvalue weighted by atomic mass is 32.2. The number of nitrogens with zero attached hydrogens (tertiary/aromatic N) is 4. The number of hydrogen-bond donors (Lipinski definition) is 1. The van der Waals surface area contributed by atoms with E-state index in [1.807, 2.05) is 4.90 Å². The number of anilines is 2. The Morgan fingerprint density at radius 3 is 2.42 bits per heavy atom. The van der Waals surface area contributed by atoms with Crippen LogP contribution in [0.2, 0.25) is 0 Å². The van der Waals surface area contributed by atoms with E-state index in [9.17, 15) is 17.6 Å². The van der Waals surface area contributed by atoms with E-state index < -0.39 is 26.6 Å². The molecule has 2 aromatic rings. The Hall–Kier alpha value is -2.66. The van der Waals surface area contributed by atoms with Crippen molar-refractivity contribution in [3.63, 3.8) is 0 Å². The highest BCUT2D eigenvalue weighted by Gasteiger charge is 2.32. The van der Waals surface area contributed by atoms with Crippen molar-refractivity contribution in [3.05, 3.63) is 40.6 Å². The minimum absolute atomic E-state index is 0.0836. The lowest BCUT2D eigenvalue weighted by molar-refractivity contribution is 0.205. The van der Waals surface area contributed by atoms with Crippen molar-refractivity contribution in [3.8, 4) is 11.4 Å². The lowest BCUT2D eigenvalue weighted by Crippen LogP contribution is -2.50. The molecule has 11 heteroatoms. The minimum atomic E-state index is -3.35. The second-order valence-electron chi connectivity index (χ2n) is 8.75. The monoisotopic (exact) mass is 479 g/mol. The molecule has 1 saturated carbocycles. The van der Waals surface area contributed by atoms with Crippen LogP contribution in [0.3, 0.4) is 0 Å². The fourth-order valence-corrected chi connectivity index (χ4v) is 5.57. The van der Waals surface area contributed by atoms with Crippen LogP contribution in [0.5, 0.6) is 5.75 Å². The van der Waals surface area contributed by atoms with Crippen LogP contribution in [0, 0.1) is 5.82 Å². The highest BCUT2D eigenvalue weighted by molar-refractivity contribution is 7.89. The quantitative estimate of drug-likeness (QED) is 0.632. The van der Waals surface area contributed by atoms with Crippen molar-refractivity contribution < 1.29 is 17.5 Å². The SMILES string of the molecule is CC(C)S(=O)(=O)N1CCN(c2cnn(-c3cccc(F)c3N)c(=O)c2OC2CCCC2)CC1. The topological polar surface area (TPSA) is 111 Å². The molecule has 1 aliphatic heterocycles. The van der Waals surface area contributed by atoms with E-state index in [1.165, 1.54) is 28.7 Å². The number of nitrogen functional groups attached to an aromatic ring is 1. The molecule has 2 N–H and O–H groups in total. The summed E-state index contributed by atoms with van der Waals surface area (Å²) >= 11 is 0. The number of aromatic nitrogens is 2. The third-order valence-corrected chi connectivity index (χ3v) is 8.57. The number of hydrogen-bond acceptors (Lipinski definition) is 7. The van der Waals surface area contributed by atoms with Gasteiger partial charge >= 0.3 is 5.56 Å². The number of para-hydroxylation sites is 1. The second kappa shape index (κ2) is 9.30. The molecule has 1 saturated heterocycles. The van der Waals surface area contributed by atoms with Gasteiger partial charge in [-0.1, -0.05) is 6.07 Å². The molecule has 33 heavy (non-hydrogen) atoms. The molecule has 9 nitrogen and oxygen atoms in total. The van der Waals surface area contributed by atoms with Crippen molar-refractivity contribution in [1.82, 2.24) is 14.1 Å². The summed E-state index contributed by atoms with van der Waals surface area (Å²) in [6, 6.07) is 4.22. The first-order chi connectivity index (χ1) is 15.7. The van der Waals surface area contributed by atoms with Crippen molar-refractivity contribution in [2.75, 3.05) is 36.8 Å². The van der Waals surface area contributed by atoms with Crippen molar-refractivity contribution in [1.29, 1.82) is 0 Å². The van der Waals surface area contributed by atoms with E-state index in [2.05, 4.69) is 5.10 Å². The van der Waals surface area contributed by atoms with Crippen LogP contribution in [-0.4, -0.2) is 60.0 Å². The maximum Gasteiger partial charge on any atom is 0.316 e. The maximum absolute atomic E-state index is 14.0. The summed E-state index contributed by atoms with van der Waals surface area (Å²) in [5.74, 6) is -0.494. The smallest absolute Gasteiger partial charge is 0.316 e. The van der Waals surface area contributed by atoms with Crippen LogP contribution >= 0.6 is 0 Å². The van der Waals surface area contributed by atoms with Crippen LogP contribution in [0.15, 0.2) is 29.2 Å². The van der Waals surface area contributed by atoms with Crippen LogP contribution in [0.1, 0.15) is 39.5 Å². The van der Waals surface area contributed by atoms with Gasteiger partial charge in [0.2, 0.25) is 15.8 Å². The third kappa shape index (κ3) is 4.56. The number of piperazine rings is 1. The van der Waals surface area contributed by atoms with Crippen LogP contribution in [0.4, 0.5) is 15.8 Å². The van der Waals surface area contributed by atoms with Gasteiger partial charge in [0.25, 0.3) is 0 Å². The van der Waals surface area contributed by atoms with Gasteiger partial charge in [0.1, 0.15) is 11.5 Å². The van der Waals surface area contributed by atoms with Gasteiger partial charge in [0, 0.05) is 26.2 Å². The summed E-state index contributed by atoms with van der Waals surface area (Å²) in [4.78, 5) is 15.4. The van der Waals surface area contributed by atoms with Gasteiger partial charge in [0.15, 0.2) is 0 Å². The predicted molar refractivity (Wildman–Crippen MR) is 125 cm³/mol. The Morgan fingerprint density at radius 1 is 1.12 bits per heavy atom. The Kier molecular flexibility index (Phi) is 6.62. The van der Waals surface area contributed by atoms with Gasteiger partial charge in [-0.05, 0) is 51.7 Å². The fourth-order valence-electron chi connectivity index (χ4n) is 4.30. The maximum atomic E-state index is 14.0. The zero-order chi connectivity index (χ0) is 23.8. The minimum Gasteiger partial charge on any atom is -0.483 e. The predicted octanol–water partition coefficient (Wildman–Crippen LogP) is 2.14. The third-order valence-electron chi connectivity index (χ3n) is 6.29. The van der Waals surface area contributed by atoms with Gasteiger partial charge in [0.05, 0.1) is 28.9 Å². The average molecular weight is 480 g/mol. The molecule has 1 aliphatic carbocycles. The van der Waals surface area contributed by atoms with Gasteiger partial charge in [-0.15, -0.1) is 0 Å². The summed E-state index contributed by atoms with van der Waals surface area (Å²) in [7, 11) is -3.35. The van der Waals surface area contributed by atoms with E-state index >= 15 is 0 Å². The molecule has 0 atom stereocenters. The van der Waals surface area contributed by atoms with Crippen molar-refractivity contribution >= 4 is 21.4 Å². The zero-order valence-corrected chi connectivity index (χ0v) is 19.7. The molecular formula is C22H30FN5O4S. The van der Waals surface area contributed by atoms with Gasteiger partial charge < -0.3 is 15.4 Å². The van der Waals surface area contributed by atoms with Crippen LogP contribution < -0.4 is 20.9 Å². The first-order valence-corrected chi connectivity index (χ1v) is 12.8. The van der Waals surface area contributed by atoms with E-state index in [-0.39, 0.29) is 23.2 Å². The summed E-state index contributed by atoms with van der Waals surface area (Å²) in [6.07, 6.45) is 5.19. The number of nitrogens with two attached hydrogens (primary N) is 1. The molecule has 1 aromatic carbocycles. The van der Waals surface area contributed by atoms with Crippen LogP contribution in [-0.2, 0) is 10.0 Å². The van der Waals surface area contributed by atoms with E-state index in [1.54, 1.807) is 13.8 Å². The Balaban J connectivity index is 1.69. The molecule has 0 spiro atoms. The van der Waals surface area contributed by atoms with Gasteiger partial charge in [-0.25, -0.2) is 12.8 Å². The first kappa shape index (κ1) is 23.5. The zero-order valence-electron chi connectivity index (χ0n) is 18.9. The van der Waals surface area contributed by atoms with Gasteiger partial charge in [-0.3, -0.25) is 4.79 Å². The number of ether oxygens (including phenoxy) is 1. The molecular weight excluding hydrogens is 449 g/mol. The lowest BCUT2D eigenvalue weighted by Gasteiger charge is -2.36. The number of sulfonamides is 1. The molecule has 0 bridgehead atoms.